The number of benzene rings is 1. The Morgan fingerprint density at radius 1 is 1.32 bits per heavy atom. The summed E-state index contributed by atoms with van der Waals surface area (Å²) >= 11 is 0. The Labute approximate surface area is 114 Å². The summed E-state index contributed by atoms with van der Waals surface area (Å²) in [6.07, 6.45) is 2.76. The van der Waals surface area contributed by atoms with Gasteiger partial charge in [-0.25, -0.2) is 0 Å². The smallest absolute Gasteiger partial charge is 0.222 e. The van der Waals surface area contributed by atoms with Gasteiger partial charge in [0.1, 0.15) is 5.75 Å². The zero-order valence-corrected chi connectivity index (χ0v) is 11.5. The highest BCUT2D eigenvalue weighted by Crippen LogP contribution is 2.19. The second-order valence-electron chi connectivity index (χ2n) is 4.91. The van der Waals surface area contributed by atoms with Crippen LogP contribution in [0.5, 0.6) is 5.75 Å². The van der Waals surface area contributed by atoms with E-state index >= 15 is 0 Å². The van der Waals surface area contributed by atoms with Crippen molar-refractivity contribution >= 4 is 5.91 Å². The first-order chi connectivity index (χ1) is 9.20. The Kier molecular flexibility index (Phi) is 4.80. The number of carbonyl (C=O) groups is 1. The molecule has 0 aromatic heterocycles. The average molecular weight is 262 g/mol. The van der Waals surface area contributed by atoms with Crippen LogP contribution >= 0.6 is 0 Å². The van der Waals surface area contributed by atoms with Crippen LogP contribution < -0.4 is 10.5 Å². The number of amides is 1. The molecule has 1 aromatic rings. The standard InChI is InChI=1S/C15H22N2O2/c1-2-19-13-8-6-12(7-9-13)14(16)11-17-10-4-3-5-15(17)18/h6-9,14H,2-5,10-11,16H2,1H3. The molecule has 2 N–H and O–H groups in total. The Balaban J connectivity index is 1.94. The molecule has 0 saturated carbocycles. The topological polar surface area (TPSA) is 55.6 Å². The molecule has 4 heteroatoms. The van der Waals surface area contributed by atoms with Crippen LogP contribution in [-0.2, 0) is 4.79 Å². The summed E-state index contributed by atoms with van der Waals surface area (Å²) in [5.74, 6) is 1.08. The summed E-state index contributed by atoms with van der Waals surface area (Å²) < 4.78 is 5.40. The summed E-state index contributed by atoms with van der Waals surface area (Å²) in [6, 6.07) is 7.68. The molecule has 1 heterocycles. The first-order valence-electron chi connectivity index (χ1n) is 6.97. The van der Waals surface area contributed by atoms with E-state index in [4.69, 9.17) is 10.5 Å². The van der Waals surface area contributed by atoms with Crippen LogP contribution in [0.2, 0.25) is 0 Å². The van der Waals surface area contributed by atoms with Gasteiger partial charge in [-0.15, -0.1) is 0 Å². The minimum atomic E-state index is -0.127. The molecule has 1 aliphatic rings. The molecule has 0 bridgehead atoms. The number of rotatable bonds is 5. The van der Waals surface area contributed by atoms with Gasteiger partial charge in [-0.2, -0.15) is 0 Å². The quantitative estimate of drug-likeness (QED) is 0.884. The van der Waals surface area contributed by atoms with Crippen molar-refractivity contribution < 1.29 is 9.53 Å². The van der Waals surface area contributed by atoms with Crippen LogP contribution in [0.25, 0.3) is 0 Å². The van der Waals surface area contributed by atoms with Gasteiger partial charge in [0.2, 0.25) is 5.91 Å². The number of carbonyl (C=O) groups excluding carboxylic acids is 1. The normalized spacial score (nSPS) is 17.4. The van der Waals surface area contributed by atoms with Crippen molar-refractivity contribution in [3.63, 3.8) is 0 Å². The molecule has 1 aromatic carbocycles. The first kappa shape index (κ1) is 13.9. The van der Waals surface area contributed by atoms with E-state index in [0.717, 1.165) is 30.7 Å². The highest BCUT2D eigenvalue weighted by Gasteiger charge is 2.20. The van der Waals surface area contributed by atoms with Gasteiger partial charge in [0, 0.05) is 25.6 Å². The number of nitrogens with zero attached hydrogens (tertiary/aromatic N) is 1. The number of hydrogen-bond acceptors (Lipinski definition) is 3. The second kappa shape index (κ2) is 6.57. The third kappa shape index (κ3) is 3.70. The summed E-state index contributed by atoms with van der Waals surface area (Å²) in [4.78, 5) is 13.6. The molecule has 1 unspecified atom stereocenters. The van der Waals surface area contributed by atoms with E-state index in [-0.39, 0.29) is 11.9 Å². The lowest BCUT2D eigenvalue weighted by Gasteiger charge is -2.29. The average Bonchev–Trinajstić information content (AvgIpc) is 2.42. The largest absolute Gasteiger partial charge is 0.494 e. The summed E-state index contributed by atoms with van der Waals surface area (Å²) in [5, 5.41) is 0. The second-order valence-corrected chi connectivity index (χ2v) is 4.91. The number of hydrogen-bond donors (Lipinski definition) is 1. The number of likely N-dealkylation sites (tertiary alicyclic amines) is 1. The van der Waals surface area contributed by atoms with Crippen molar-refractivity contribution in [2.24, 2.45) is 5.73 Å². The molecule has 1 amide bonds. The fourth-order valence-electron chi connectivity index (χ4n) is 2.38. The predicted molar refractivity (Wildman–Crippen MR) is 75.0 cm³/mol. The van der Waals surface area contributed by atoms with Crippen LogP contribution in [0.3, 0.4) is 0 Å². The number of nitrogens with two attached hydrogens (primary N) is 1. The van der Waals surface area contributed by atoms with E-state index in [1.165, 1.54) is 0 Å². The highest BCUT2D eigenvalue weighted by atomic mass is 16.5. The van der Waals surface area contributed by atoms with Crippen molar-refractivity contribution in [1.29, 1.82) is 0 Å². The van der Waals surface area contributed by atoms with Gasteiger partial charge in [-0.05, 0) is 37.5 Å². The molecule has 1 aliphatic heterocycles. The third-order valence-corrected chi connectivity index (χ3v) is 3.46. The molecule has 4 nitrogen and oxygen atoms in total. The SMILES string of the molecule is CCOc1ccc(C(N)CN2CCCCC2=O)cc1. The van der Waals surface area contributed by atoms with Crippen molar-refractivity contribution in [2.45, 2.75) is 32.2 Å². The molecular weight excluding hydrogens is 240 g/mol. The number of ether oxygens (including phenoxy) is 1. The van der Waals surface area contributed by atoms with E-state index in [9.17, 15) is 4.79 Å². The molecule has 0 radical (unpaired) electrons. The number of piperidine rings is 1. The van der Waals surface area contributed by atoms with E-state index < -0.39 is 0 Å². The van der Waals surface area contributed by atoms with Crippen molar-refractivity contribution in [3.8, 4) is 5.75 Å². The van der Waals surface area contributed by atoms with Crippen LogP contribution in [0, 0.1) is 0 Å². The van der Waals surface area contributed by atoms with E-state index in [1.54, 1.807) is 0 Å². The Hall–Kier alpha value is -1.55. The van der Waals surface area contributed by atoms with Gasteiger partial charge in [0.05, 0.1) is 6.61 Å². The van der Waals surface area contributed by atoms with Crippen molar-refractivity contribution in [3.05, 3.63) is 29.8 Å². The van der Waals surface area contributed by atoms with Gasteiger partial charge in [-0.1, -0.05) is 12.1 Å². The molecule has 104 valence electrons. The van der Waals surface area contributed by atoms with E-state index in [0.29, 0.717) is 19.6 Å². The lowest BCUT2D eigenvalue weighted by atomic mass is 10.0. The monoisotopic (exact) mass is 262 g/mol. The zero-order valence-electron chi connectivity index (χ0n) is 11.5. The van der Waals surface area contributed by atoms with Gasteiger partial charge >= 0.3 is 0 Å². The van der Waals surface area contributed by atoms with Crippen LogP contribution in [0.4, 0.5) is 0 Å². The molecule has 1 atom stereocenters. The maximum absolute atomic E-state index is 11.8. The van der Waals surface area contributed by atoms with Gasteiger partial charge in [0.15, 0.2) is 0 Å². The fraction of sp³-hybridized carbons (Fsp3) is 0.533. The van der Waals surface area contributed by atoms with Crippen molar-refractivity contribution in [1.82, 2.24) is 4.90 Å². The molecule has 2 rings (SSSR count). The third-order valence-electron chi connectivity index (χ3n) is 3.46. The Morgan fingerprint density at radius 3 is 2.68 bits per heavy atom. The van der Waals surface area contributed by atoms with Gasteiger partial charge in [0.25, 0.3) is 0 Å². The maximum Gasteiger partial charge on any atom is 0.222 e. The van der Waals surface area contributed by atoms with Crippen molar-refractivity contribution in [2.75, 3.05) is 19.7 Å². The van der Waals surface area contributed by atoms with Crippen LogP contribution in [-0.4, -0.2) is 30.5 Å². The van der Waals surface area contributed by atoms with E-state index in [2.05, 4.69) is 0 Å². The predicted octanol–water partition coefficient (Wildman–Crippen LogP) is 2.10. The van der Waals surface area contributed by atoms with Crippen LogP contribution in [0.15, 0.2) is 24.3 Å². The molecule has 0 spiro atoms. The highest BCUT2D eigenvalue weighted by molar-refractivity contribution is 5.76. The van der Waals surface area contributed by atoms with E-state index in [1.807, 2.05) is 36.1 Å². The first-order valence-corrected chi connectivity index (χ1v) is 6.97. The molecule has 0 aliphatic carbocycles. The molecule has 19 heavy (non-hydrogen) atoms. The molecule has 1 saturated heterocycles. The zero-order chi connectivity index (χ0) is 13.7. The summed E-state index contributed by atoms with van der Waals surface area (Å²) in [6.45, 7) is 4.06. The Morgan fingerprint density at radius 2 is 2.05 bits per heavy atom. The van der Waals surface area contributed by atoms with Gasteiger partial charge in [-0.3, -0.25) is 4.79 Å². The Bertz CT molecular complexity index is 417. The minimum absolute atomic E-state index is 0.127. The molecular formula is C15H22N2O2. The lowest BCUT2D eigenvalue weighted by molar-refractivity contribution is -0.133. The van der Waals surface area contributed by atoms with Crippen LogP contribution in [0.1, 0.15) is 37.8 Å². The maximum atomic E-state index is 11.8. The lowest BCUT2D eigenvalue weighted by Crippen LogP contribution is -2.40. The summed E-state index contributed by atoms with van der Waals surface area (Å²) in [7, 11) is 0. The molecule has 1 fully saturated rings. The van der Waals surface area contributed by atoms with Gasteiger partial charge < -0.3 is 15.4 Å². The summed E-state index contributed by atoms with van der Waals surface area (Å²) in [5.41, 5.74) is 7.22. The minimum Gasteiger partial charge on any atom is -0.494 e. The fourth-order valence-corrected chi connectivity index (χ4v) is 2.38.